The Labute approximate surface area is 369 Å². The number of hydrogen-bond donors (Lipinski definition) is 0. The SMILES string of the molecule is c1ccc2c(c1)-c1ccccc1C21c2ccccc2-c2ccc(-c3cccc4sc5c6ccccc6c(N(c6ccc7ccccc7c6)c6ccc7ccccc7c6)cc5c34)cc21. The topological polar surface area (TPSA) is 3.24 Å². The lowest BCUT2D eigenvalue weighted by atomic mass is 9.70. The molecule has 1 nitrogen and oxygen atoms in total. The molecule has 0 saturated heterocycles. The molecule has 0 bridgehead atoms. The number of benzene rings is 11. The Morgan fingerprint density at radius 1 is 0.333 bits per heavy atom. The summed E-state index contributed by atoms with van der Waals surface area (Å²) < 4.78 is 2.61. The maximum atomic E-state index is 2.53. The van der Waals surface area contributed by atoms with Crippen molar-refractivity contribution in [2.75, 3.05) is 4.90 Å². The van der Waals surface area contributed by atoms with Crippen LogP contribution in [-0.4, -0.2) is 0 Å². The molecule has 0 saturated carbocycles. The zero-order valence-corrected chi connectivity index (χ0v) is 35.0. The summed E-state index contributed by atoms with van der Waals surface area (Å²) in [7, 11) is 0. The summed E-state index contributed by atoms with van der Waals surface area (Å²) in [5.41, 5.74) is 16.3. The van der Waals surface area contributed by atoms with E-state index in [4.69, 9.17) is 0 Å². The minimum Gasteiger partial charge on any atom is -0.310 e. The van der Waals surface area contributed by atoms with Crippen LogP contribution in [0.25, 0.3) is 85.9 Å². The third-order valence-electron chi connectivity index (χ3n) is 14.0. The van der Waals surface area contributed by atoms with Crippen LogP contribution >= 0.6 is 11.3 Å². The third-order valence-corrected chi connectivity index (χ3v) is 15.2. The Balaban J connectivity index is 1.04. The van der Waals surface area contributed by atoms with Crippen LogP contribution in [0.4, 0.5) is 17.1 Å². The summed E-state index contributed by atoms with van der Waals surface area (Å²) in [6.45, 7) is 0. The van der Waals surface area contributed by atoms with E-state index in [2.05, 4.69) is 229 Å². The van der Waals surface area contributed by atoms with Gasteiger partial charge in [0.05, 0.1) is 11.1 Å². The summed E-state index contributed by atoms with van der Waals surface area (Å²) in [6.07, 6.45) is 0. The van der Waals surface area contributed by atoms with Crippen molar-refractivity contribution < 1.29 is 0 Å². The van der Waals surface area contributed by atoms with Crippen LogP contribution in [0.5, 0.6) is 0 Å². The molecule has 0 aliphatic heterocycles. The van der Waals surface area contributed by atoms with Gasteiger partial charge < -0.3 is 4.90 Å². The van der Waals surface area contributed by atoms with Crippen molar-refractivity contribution in [2.45, 2.75) is 5.41 Å². The molecule has 11 aromatic carbocycles. The third kappa shape index (κ3) is 4.82. The van der Waals surface area contributed by atoms with Gasteiger partial charge in [-0.1, -0.05) is 182 Å². The van der Waals surface area contributed by atoms with Gasteiger partial charge in [-0.05, 0) is 120 Å². The van der Waals surface area contributed by atoms with E-state index in [1.54, 1.807) is 0 Å². The first-order chi connectivity index (χ1) is 31.2. The fourth-order valence-corrected chi connectivity index (χ4v) is 12.6. The van der Waals surface area contributed by atoms with E-state index in [0.717, 1.165) is 11.4 Å². The number of hydrogen-bond acceptors (Lipinski definition) is 2. The molecule has 1 heterocycles. The molecule has 0 amide bonds. The van der Waals surface area contributed by atoms with E-state index in [1.165, 1.54) is 114 Å². The van der Waals surface area contributed by atoms with Gasteiger partial charge >= 0.3 is 0 Å². The van der Waals surface area contributed by atoms with Crippen molar-refractivity contribution >= 4 is 80.9 Å². The molecule has 63 heavy (non-hydrogen) atoms. The molecule has 1 spiro atoms. The van der Waals surface area contributed by atoms with Crippen LogP contribution < -0.4 is 4.90 Å². The number of nitrogens with zero attached hydrogens (tertiary/aromatic N) is 1. The highest BCUT2D eigenvalue weighted by Gasteiger charge is 2.51. The highest BCUT2D eigenvalue weighted by molar-refractivity contribution is 7.26. The van der Waals surface area contributed by atoms with Crippen molar-refractivity contribution in [2.24, 2.45) is 0 Å². The molecule has 2 aliphatic rings. The van der Waals surface area contributed by atoms with E-state index < -0.39 is 5.41 Å². The largest absolute Gasteiger partial charge is 0.310 e. The van der Waals surface area contributed by atoms with E-state index in [-0.39, 0.29) is 0 Å². The Hall–Kier alpha value is -7.78. The molecule has 2 heteroatoms. The van der Waals surface area contributed by atoms with Crippen LogP contribution in [0.15, 0.2) is 224 Å². The smallest absolute Gasteiger partial charge is 0.0725 e. The molecule has 0 fully saturated rings. The van der Waals surface area contributed by atoms with Crippen LogP contribution in [0.2, 0.25) is 0 Å². The Kier molecular flexibility index (Phi) is 7.26. The average molecular weight is 816 g/mol. The standard InChI is InChI=1S/C61H37NS/c1-3-16-40-34-43(31-28-38(40)14-1)62(44-32-29-39-15-2-4-17-41(39)35-44)57-37-52-59-45(23-13-27-58(59)63-60(52)51-22-6-5-21-50(51)57)42-30-33-49-48-20-9-12-26-55(48)61(56(49)36-42)53-24-10-7-18-46(53)47-19-8-11-25-54(47)61/h1-37H. The summed E-state index contributed by atoms with van der Waals surface area (Å²) in [5.74, 6) is 0. The molecule has 2 aliphatic carbocycles. The monoisotopic (exact) mass is 815 g/mol. The van der Waals surface area contributed by atoms with Crippen LogP contribution in [0, 0.1) is 0 Å². The fraction of sp³-hybridized carbons (Fsp3) is 0.0164. The molecule has 0 radical (unpaired) electrons. The number of thiophene rings is 1. The van der Waals surface area contributed by atoms with Crippen molar-refractivity contribution in [3.8, 4) is 33.4 Å². The Bertz CT molecular complexity index is 3750. The summed E-state index contributed by atoms with van der Waals surface area (Å²) in [4.78, 5) is 2.48. The fourth-order valence-electron chi connectivity index (χ4n) is 11.4. The van der Waals surface area contributed by atoms with Crippen LogP contribution in [-0.2, 0) is 5.41 Å². The molecule has 0 N–H and O–H groups in total. The quantitative estimate of drug-likeness (QED) is 0.171. The van der Waals surface area contributed by atoms with Crippen molar-refractivity contribution in [3.05, 3.63) is 247 Å². The zero-order valence-electron chi connectivity index (χ0n) is 34.2. The second-order valence-corrected chi connectivity index (χ2v) is 18.2. The molecule has 12 aromatic rings. The molecule has 14 rings (SSSR count). The molecule has 1 aromatic heterocycles. The maximum absolute atomic E-state index is 2.53. The second kappa shape index (κ2) is 13.1. The predicted molar refractivity (Wildman–Crippen MR) is 268 cm³/mol. The van der Waals surface area contributed by atoms with E-state index >= 15 is 0 Å². The Morgan fingerprint density at radius 3 is 1.46 bits per heavy atom. The number of fused-ring (bicyclic) bond motifs is 17. The van der Waals surface area contributed by atoms with Gasteiger partial charge in [0.25, 0.3) is 0 Å². The van der Waals surface area contributed by atoms with Crippen molar-refractivity contribution in [1.82, 2.24) is 0 Å². The van der Waals surface area contributed by atoms with Crippen molar-refractivity contribution in [1.29, 1.82) is 0 Å². The number of anilines is 3. The highest BCUT2D eigenvalue weighted by Crippen LogP contribution is 2.63. The Morgan fingerprint density at radius 2 is 0.841 bits per heavy atom. The van der Waals surface area contributed by atoms with Gasteiger partial charge in [-0.15, -0.1) is 11.3 Å². The van der Waals surface area contributed by atoms with E-state index in [0.29, 0.717) is 0 Å². The molecule has 0 unspecified atom stereocenters. The van der Waals surface area contributed by atoms with Gasteiger partial charge in [0.15, 0.2) is 0 Å². The van der Waals surface area contributed by atoms with E-state index in [1.807, 2.05) is 11.3 Å². The van der Waals surface area contributed by atoms with Gasteiger partial charge in [0.2, 0.25) is 0 Å². The maximum Gasteiger partial charge on any atom is 0.0725 e. The molecule has 0 atom stereocenters. The first-order valence-electron chi connectivity index (χ1n) is 21.8. The van der Waals surface area contributed by atoms with Crippen LogP contribution in [0.3, 0.4) is 0 Å². The minimum absolute atomic E-state index is 0.399. The van der Waals surface area contributed by atoms with Gasteiger partial charge in [0, 0.05) is 42.3 Å². The summed E-state index contributed by atoms with van der Waals surface area (Å²) in [5, 5.41) is 9.99. The highest BCUT2D eigenvalue weighted by atomic mass is 32.1. The lowest BCUT2D eigenvalue weighted by Gasteiger charge is -2.30. The second-order valence-electron chi connectivity index (χ2n) is 17.1. The minimum atomic E-state index is -0.399. The first kappa shape index (κ1) is 34.9. The lowest BCUT2D eigenvalue weighted by Crippen LogP contribution is -2.25. The van der Waals surface area contributed by atoms with Crippen molar-refractivity contribution in [3.63, 3.8) is 0 Å². The normalized spacial score (nSPS) is 13.2. The summed E-state index contributed by atoms with van der Waals surface area (Å²) in [6, 6.07) is 84.1. The average Bonchev–Trinajstić information content (AvgIpc) is 3.98. The zero-order chi connectivity index (χ0) is 41.2. The predicted octanol–water partition coefficient (Wildman–Crippen LogP) is 17.0. The molecule has 292 valence electrons. The van der Waals surface area contributed by atoms with Gasteiger partial charge in [-0.25, -0.2) is 0 Å². The van der Waals surface area contributed by atoms with Crippen LogP contribution in [0.1, 0.15) is 22.3 Å². The van der Waals surface area contributed by atoms with E-state index in [9.17, 15) is 0 Å². The number of rotatable bonds is 4. The molecular formula is C61H37NS. The van der Waals surface area contributed by atoms with Gasteiger partial charge in [-0.3, -0.25) is 0 Å². The first-order valence-corrected chi connectivity index (χ1v) is 22.6. The van der Waals surface area contributed by atoms with Gasteiger partial charge in [0.1, 0.15) is 0 Å². The molecular weight excluding hydrogens is 779 g/mol. The lowest BCUT2D eigenvalue weighted by molar-refractivity contribution is 0.794. The summed E-state index contributed by atoms with van der Waals surface area (Å²) >= 11 is 1.91. The van der Waals surface area contributed by atoms with Gasteiger partial charge in [-0.2, -0.15) is 0 Å².